The molecule has 0 aromatic heterocycles. The molecule has 0 aromatic carbocycles. The summed E-state index contributed by atoms with van der Waals surface area (Å²) in [5, 5.41) is 18.2. The van der Waals surface area contributed by atoms with Crippen LogP contribution < -0.4 is 108 Å². The number of methoxy groups -OCH3 is 1. The number of carboxylic acids is 1. The molecule has 31 heavy (non-hydrogen) atoms. The first-order valence-corrected chi connectivity index (χ1v) is 9.98. The molecule has 0 aromatic rings. The van der Waals surface area contributed by atoms with Crippen molar-refractivity contribution < 1.29 is 142 Å². The van der Waals surface area contributed by atoms with Crippen molar-refractivity contribution >= 4 is 17.9 Å². The summed E-state index contributed by atoms with van der Waals surface area (Å²) in [6.07, 6.45) is 3.22. The average molecular weight is 503 g/mol. The zero-order valence-corrected chi connectivity index (χ0v) is 28.2. The van der Waals surface area contributed by atoms with Gasteiger partial charge in [0.15, 0.2) is 0 Å². The van der Waals surface area contributed by atoms with E-state index in [1.54, 1.807) is 13.8 Å². The monoisotopic (exact) mass is 502 g/mol. The van der Waals surface area contributed by atoms with Gasteiger partial charge in [-0.05, 0) is 45.4 Å². The number of esters is 2. The molecule has 0 rings (SSSR count). The summed E-state index contributed by atoms with van der Waals surface area (Å²) in [5.41, 5.74) is 0. The van der Waals surface area contributed by atoms with E-state index in [1.165, 1.54) is 14.0 Å². The number of carbonyl (C=O) groups is 3. The van der Waals surface area contributed by atoms with E-state index in [0.29, 0.717) is 6.42 Å². The van der Waals surface area contributed by atoms with Crippen molar-refractivity contribution in [2.24, 2.45) is 11.8 Å². The topological polar surface area (TPSA) is 143 Å². The van der Waals surface area contributed by atoms with Crippen molar-refractivity contribution in [2.75, 3.05) is 7.11 Å². The van der Waals surface area contributed by atoms with Gasteiger partial charge in [-0.3, -0.25) is 9.59 Å². The van der Waals surface area contributed by atoms with E-state index in [2.05, 4.69) is 4.74 Å². The molecule has 178 valence electrons. The molecule has 8 nitrogen and oxygen atoms in total. The number of carboxylic acid groups (broad SMARTS) is 1. The van der Waals surface area contributed by atoms with Crippen LogP contribution in [0.15, 0.2) is 0 Å². The van der Waals surface area contributed by atoms with Gasteiger partial charge in [-0.1, -0.05) is 41.5 Å². The normalized spacial score (nSPS) is 12.1. The first kappa shape index (κ1) is 49.7. The Morgan fingerprint density at radius 3 is 1.26 bits per heavy atom. The smallest absolute Gasteiger partial charge is 0.870 e. The Kier molecular flexibility index (Phi) is 58.0. The molecule has 4 unspecified atom stereocenters. The number of aliphatic hydroxyl groups excluding tert-OH is 1. The molecule has 0 saturated heterocycles. The van der Waals surface area contributed by atoms with E-state index in [0.717, 1.165) is 19.3 Å². The number of ether oxygens (including phenoxy) is 2. The van der Waals surface area contributed by atoms with Crippen LogP contribution in [0.3, 0.4) is 0 Å². The zero-order valence-electron chi connectivity index (χ0n) is 22.0. The Morgan fingerprint density at radius 2 is 1.19 bits per heavy atom. The molecule has 0 aliphatic rings. The van der Waals surface area contributed by atoms with Crippen LogP contribution in [0.4, 0.5) is 0 Å². The van der Waals surface area contributed by atoms with Crippen molar-refractivity contribution in [2.45, 2.75) is 100 Å². The van der Waals surface area contributed by atoms with Gasteiger partial charge in [-0.25, -0.2) is 0 Å². The Balaban J connectivity index is -0.0000000486. The molecular weight excluding hydrogens is 458 g/mol. The summed E-state index contributed by atoms with van der Waals surface area (Å²) in [7, 11) is 1.41. The van der Waals surface area contributed by atoms with Gasteiger partial charge in [-0.2, -0.15) is 0 Å². The zero-order chi connectivity index (χ0) is 23.3. The van der Waals surface area contributed by atoms with Crippen LogP contribution in [0, 0.1) is 11.8 Å². The van der Waals surface area contributed by atoms with Crippen LogP contribution in [0.5, 0.6) is 0 Å². The molecule has 0 aliphatic heterocycles. The van der Waals surface area contributed by atoms with Gasteiger partial charge in [0.2, 0.25) is 0 Å². The largest absolute Gasteiger partial charge is 1.00 e. The average Bonchev–Trinajstić information content (AvgIpc) is 2.66. The molecule has 0 radical (unpaired) electrons. The predicted molar refractivity (Wildman–Crippen MR) is 111 cm³/mol. The second-order valence-electron chi connectivity index (χ2n) is 6.55. The SMILES string of the molecule is CCC(C)C(=O)OC.CCC(C)C(=O)[O-].CCC(C)O.CCC(C)OC(C)=O.[K+].[K+].[OH-]. The first-order valence-electron chi connectivity index (χ1n) is 9.98. The Bertz CT molecular complexity index is 394. The second kappa shape index (κ2) is 36.2. The predicted octanol–water partition coefficient (Wildman–Crippen LogP) is -3.06. The van der Waals surface area contributed by atoms with Gasteiger partial charge >= 0.3 is 115 Å². The number of carbonyl (C=O) groups excluding carboxylic acids is 3. The maximum atomic E-state index is 10.5. The van der Waals surface area contributed by atoms with Crippen molar-refractivity contribution in [3.63, 3.8) is 0 Å². The van der Waals surface area contributed by atoms with Crippen molar-refractivity contribution in [1.82, 2.24) is 0 Å². The molecule has 10 heteroatoms. The molecule has 0 spiro atoms. The molecule has 0 heterocycles. The minimum atomic E-state index is -0.956. The quantitative estimate of drug-likeness (QED) is 0.286. The fraction of sp³-hybridized carbons (Fsp3) is 0.857. The minimum Gasteiger partial charge on any atom is -0.870 e. The molecule has 0 saturated carbocycles. The van der Waals surface area contributed by atoms with Crippen molar-refractivity contribution in [3.8, 4) is 0 Å². The fourth-order valence-corrected chi connectivity index (χ4v) is 0.901. The molecular formula is C21H44K2O8. The third-order valence-electron chi connectivity index (χ3n) is 3.76. The van der Waals surface area contributed by atoms with Crippen LogP contribution in [0.25, 0.3) is 0 Å². The van der Waals surface area contributed by atoms with Gasteiger partial charge in [0.05, 0.1) is 25.2 Å². The number of hydrogen-bond donors (Lipinski definition) is 1. The van der Waals surface area contributed by atoms with Crippen LogP contribution in [-0.4, -0.2) is 47.8 Å². The third kappa shape index (κ3) is 49.7. The van der Waals surface area contributed by atoms with Crippen LogP contribution >= 0.6 is 0 Å². The number of hydrogen-bond acceptors (Lipinski definition) is 8. The fourth-order valence-electron chi connectivity index (χ4n) is 0.901. The maximum Gasteiger partial charge on any atom is 1.00 e. The summed E-state index contributed by atoms with van der Waals surface area (Å²) >= 11 is 0. The summed E-state index contributed by atoms with van der Waals surface area (Å²) in [4.78, 5) is 30.5. The molecule has 0 fully saturated rings. The Morgan fingerprint density at radius 1 is 0.839 bits per heavy atom. The summed E-state index contributed by atoms with van der Waals surface area (Å²) < 4.78 is 9.22. The van der Waals surface area contributed by atoms with Gasteiger partial charge < -0.3 is 30.0 Å². The Labute approximate surface area is 275 Å². The minimum absolute atomic E-state index is 0. The molecule has 0 bridgehead atoms. The number of aliphatic hydroxyl groups is 1. The van der Waals surface area contributed by atoms with E-state index >= 15 is 0 Å². The standard InChI is InChI=1S/2C6H12O2.C5H10O2.C4H10O.2K.H2O/c1-4-5(2)6(7)8-3;1-4-5(2)8-6(3)7;1-3-4(2)5(6)7;1-3-4(2)5;;;/h2*5H,4H2,1-3H3;4H,3H2,1-2H3,(H,6,7);4-5H,3H2,1-2H3;;;1H2/q;;;;2*+1;/p-2. The Hall–Kier alpha value is 1.60. The maximum absolute atomic E-state index is 10.5. The van der Waals surface area contributed by atoms with E-state index in [1.807, 2.05) is 41.5 Å². The molecule has 0 aliphatic carbocycles. The molecule has 4 atom stereocenters. The molecule has 0 amide bonds. The van der Waals surface area contributed by atoms with E-state index < -0.39 is 5.97 Å². The number of rotatable bonds is 7. The van der Waals surface area contributed by atoms with E-state index in [4.69, 9.17) is 9.84 Å². The second-order valence-corrected chi connectivity index (χ2v) is 6.55. The van der Waals surface area contributed by atoms with E-state index in [-0.39, 0.29) is 144 Å². The third-order valence-corrected chi connectivity index (χ3v) is 3.76. The van der Waals surface area contributed by atoms with Crippen LogP contribution in [-0.2, 0) is 23.9 Å². The van der Waals surface area contributed by atoms with E-state index in [9.17, 15) is 19.5 Å². The summed E-state index contributed by atoms with van der Waals surface area (Å²) in [6, 6.07) is 0. The van der Waals surface area contributed by atoms with Gasteiger partial charge in [0.25, 0.3) is 0 Å². The van der Waals surface area contributed by atoms with Gasteiger partial charge in [-0.15, -0.1) is 0 Å². The van der Waals surface area contributed by atoms with Crippen LogP contribution in [0.1, 0.15) is 88.0 Å². The van der Waals surface area contributed by atoms with Crippen molar-refractivity contribution in [3.05, 3.63) is 0 Å². The summed E-state index contributed by atoms with van der Waals surface area (Å²) in [6.45, 7) is 16.3. The van der Waals surface area contributed by atoms with Crippen LogP contribution in [0.2, 0.25) is 0 Å². The van der Waals surface area contributed by atoms with Gasteiger partial charge in [0.1, 0.15) is 0 Å². The summed E-state index contributed by atoms with van der Waals surface area (Å²) in [5.74, 6) is -1.51. The molecule has 2 N–H and O–H groups in total. The van der Waals surface area contributed by atoms with Crippen molar-refractivity contribution in [1.29, 1.82) is 0 Å². The number of aliphatic carboxylic acids is 1. The van der Waals surface area contributed by atoms with Gasteiger partial charge in [0, 0.05) is 12.9 Å². The first-order chi connectivity index (χ1) is 12.8.